The Morgan fingerprint density at radius 2 is 1.86 bits per heavy atom. The fourth-order valence-corrected chi connectivity index (χ4v) is 3.89. The highest BCUT2D eigenvalue weighted by Gasteiger charge is 2.39. The van der Waals surface area contributed by atoms with E-state index in [0.29, 0.717) is 11.9 Å². The van der Waals surface area contributed by atoms with Gasteiger partial charge < -0.3 is 15.0 Å². The van der Waals surface area contributed by atoms with Gasteiger partial charge >= 0.3 is 5.97 Å². The van der Waals surface area contributed by atoms with E-state index in [2.05, 4.69) is 4.98 Å². The molecule has 2 heterocycles. The average Bonchev–Trinajstić information content (AvgIpc) is 3.04. The molecule has 28 heavy (non-hydrogen) atoms. The van der Waals surface area contributed by atoms with Gasteiger partial charge in [-0.3, -0.25) is 14.4 Å². The summed E-state index contributed by atoms with van der Waals surface area (Å²) in [7, 11) is 0. The molecule has 1 aromatic heterocycles. The average molecular weight is 386 g/mol. The van der Waals surface area contributed by atoms with Crippen LogP contribution in [0.15, 0.2) is 35.1 Å². The highest BCUT2D eigenvalue weighted by atomic mass is 19.1. The van der Waals surface area contributed by atoms with Gasteiger partial charge in [0.1, 0.15) is 11.6 Å². The molecular weight excluding hydrogens is 370 g/mol. The number of amides is 1. The van der Waals surface area contributed by atoms with Crippen molar-refractivity contribution in [3.63, 3.8) is 0 Å². The summed E-state index contributed by atoms with van der Waals surface area (Å²) in [6, 6.07) is 5.07. The van der Waals surface area contributed by atoms with E-state index in [0.717, 1.165) is 18.2 Å². The van der Waals surface area contributed by atoms with Crippen LogP contribution in [-0.4, -0.2) is 39.5 Å². The molecule has 2 atom stereocenters. The lowest BCUT2D eigenvalue weighted by atomic mass is 10.0. The Morgan fingerprint density at radius 3 is 2.54 bits per heavy atom. The van der Waals surface area contributed by atoms with Crippen LogP contribution in [0.5, 0.6) is 0 Å². The zero-order chi connectivity index (χ0) is 20.2. The van der Waals surface area contributed by atoms with Crippen LogP contribution in [0, 0.1) is 17.6 Å². The van der Waals surface area contributed by atoms with Crippen molar-refractivity contribution < 1.29 is 23.5 Å². The second kappa shape index (κ2) is 6.40. The van der Waals surface area contributed by atoms with Gasteiger partial charge in [0.15, 0.2) is 5.43 Å². The first-order chi connectivity index (χ1) is 13.3. The van der Waals surface area contributed by atoms with E-state index in [1.165, 1.54) is 17.0 Å². The van der Waals surface area contributed by atoms with Crippen LogP contribution in [0.25, 0.3) is 21.8 Å². The van der Waals surface area contributed by atoms with Crippen molar-refractivity contribution in [2.75, 3.05) is 6.54 Å². The Hall–Kier alpha value is -3.29. The van der Waals surface area contributed by atoms with E-state index in [-0.39, 0.29) is 28.4 Å². The number of aromatic amines is 1. The van der Waals surface area contributed by atoms with Gasteiger partial charge in [-0.2, -0.15) is 0 Å². The van der Waals surface area contributed by atoms with Crippen molar-refractivity contribution in [3.05, 3.63) is 57.8 Å². The minimum Gasteiger partial charge on any atom is -0.481 e. The number of nitrogens with zero attached hydrogens (tertiary/aromatic N) is 1. The molecule has 0 spiro atoms. The molecule has 3 aromatic rings. The second-order valence-corrected chi connectivity index (χ2v) is 6.99. The minimum atomic E-state index is -0.992. The molecule has 2 unspecified atom stereocenters. The summed E-state index contributed by atoms with van der Waals surface area (Å²) in [5.74, 6) is -3.63. The zero-order valence-corrected chi connectivity index (χ0v) is 14.8. The number of fused-ring (bicyclic) bond motifs is 2. The summed E-state index contributed by atoms with van der Waals surface area (Å²) in [6.07, 6.45) is 0.300. The number of carboxylic acid groups (broad SMARTS) is 1. The number of carbonyl (C=O) groups excluding carboxylic acids is 1. The Morgan fingerprint density at radius 1 is 1.14 bits per heavy atom. The van der Waals surface area contributed by atoms with Gasteiger partial charge in [0, 0.05) is 28.9 Å². The lowest BCUT2D eigenvalue weighted by molar-refractivity contribution is -0.142. The lowest BCUT2D eigenvalue weighted by Crippen LogP contribution is -2.38. The predicted octanol–water partition coefficient (Wildman–Crippen LogP) is 2.89. The second-order valence-electron chi connectivity index (χ2n) is 6.99. The molecule has 0 saturated carbocycles. The number of carbonyl (C=O) groups is 2. The first-order valence-corrected chi connectivity index (χ1v) is 8.76. The van der Waals surface area contributed by atoms with Gasteiger partial charge in [-0.15, -0.1) is 0 Å². The first-order valence-electron chi connectivity index (χ1n) is 8.76. The van der Waals surface area contributed by atoms with Crippen molar-refractivity contribution in [3.8, 4) is 0 Å². The maximum Gasteiger partial charge on any atom is 0.308 e. The summed E-state index contributed by atoms with van der Waals surface area (Å²) in [5, 5.41) is 9.26. The molecule has 144 valence electrons. The number of pyridine rings is 1. The van der Waals surface area contributed by atoms with Crippen molar-refractivity contribution in [1.29, 1.82) is 0 Å². The molecule has 0 aliphatic carbocycles. The molecule has 8 heteroatoms. The monoisotopic (exact) mass is 386 g/mol. The minimum absolute atomic E-state index is 0.0528. The Kier molecular flexibility index (Phi) is 4.14. The number of halogens is 2. The number of aromatic nitrogens is 1. The summed E-state index contributed by atoms with van der Waals surface area (Å²) in [4.78, 5) is 41.4. The Labute approximate surface area is 157 Å². The standard InChI is InChI=1S/C20H16F2N2O4/c1-9-12(20(27)28)4-5-24(9)19(26)15-8-11(22)7-14-17(15)23-16-3-2-10(21)6-13(16)18(14)25/h2-3,6-9,12H,4-5H2,1H3,(H,23,25)(H,27,28). The highest BCUT2D eigenvalue weighted by Crippen LogP contribution is 2.28. The Balaban J connectivity index is 1.91. The molecule has 1 amide bonds. The van der Waals surface area contributed by atoms with E-state index in [1.807, 2.05) is 0 Å². The van der Waals surface area contributed by atoms with Crippen LogP contribution >= 0.6 is 0 Å². The topological polar surface area (TPSA) is 90.5 Å². The van der Waals surface area contributed by atoms with E-state index in [9.17, 15) is 28.3 Å². The lowest BCUT2D eigenvalue weighted by Gasteiger charge is -2.24. The molecule has 1 saturated heterocycles. The number of benzene rings is 2. The molecule has 1 aliphatic heterocycles. The molecule has 2 N–H and O–H groups in total. The molecule has 6 nitrogen and oxygen atoms in total. The Bertz CT molecular complexity index is 1200. The summed E-state index contributed by atoms with van der Waals surface area (Å²) < 4.78 is 27.7. The third-order valence-corrected chi connectivity index (χ3v) is 5.40. The summed E-state index contributed by atoms with van der Waals surface area (Å²) in [6.45, 7) is 1.85. The normalized spacial score (nSPS) is 19.5. The SMILES string of the molecule is CC1C(C(=O)O)CCN1C(=O)c1cc(F)cc2c(=O)c3cc(F)ccc3[nH]c12. The van der Waals surface area contributed by atoms with Crippen molar-refractivity contribution in [2.45, 2.75) is 19.4 Å². The quantitative estimate of drug-likeness (QED) is 0.663. The molecule has 0 bridgehead atoms. The zero-order valence-electron chi connectivity index (χ0n) is 14.8. The molecule has 0 radical (unpaired) electrons. The van der Waals surface area contributed by atoms with Crippen LogP contribution in [0.1, 0.15) is 23.7 Å². The van der Waals surface area contributed by atoms with Gasteiger partial charge in [-0.25, -0.2) is 8.78 Å². The van der Waals surface area contributed by atoms with Crippen molar-refractivity contribution >= 4 is 33.7 Å². The number of hydrogen-bond donors (Lipinski definition) is 2. The number of aliphatic carboxylic acids is 1. The van der Waals surface area contributed by atoms with Crippen molar-refractivity contribution in [2.24, 2.45) is 5.92 Å². The number of carboxylic acids is 1. The van der Waals surface area contributed by atoms with E-state index in [1.54, 1.807) is 6.92 Å². The molecular formula is C20H16F2N2O4. The van der Waals surface area contributed by atoms with Gasteiger partial charge in [0.2, 0.25) is 0 Å². The maximum atomic E-state index is 14.2. The van der Waals surface area contributed by atoms with E-state index in [4.69, 9.17) is 0 Å². The van der Waals surface area contributed by atoms with Crippen LogP contribution in [-0.2, 0) is 4.79 Å². The van der Waals surface area contributed by atoms with Gasteiger partial charge in [-0.05, 0) is 43.7 Å². The van der Waals surface area contributed by atoms with Crippen LogP contribution in [0.2, 0.25) is 0 Å². The largest absolute Gasteiger partial charge is 0.481 e. The fraction of sp³-hybridized carbons (Fsp3) is 0.250. The van der Waals surface area contributed by atoms with E-state index >= 15 is 0 Å². The molecule has 1 fully saturated rings. The smallest absolute Gasteiger partial charge is 0.308 e. The third-order valence-electron chi connectivity index (χ3n) is 5.40. The molecule has 2 aromatic carbocycles. The van der Waals surface area contributed by atoms with Gasteiger partial charge in [0.05, 0.1) is 17.0 Å². The maximum absolute atomic E-state index is 14.2. The summed E-state index contributed by atoms with van der Waals surface area (Å²) >= 11 is 0. The van der Waals surface area contributed by atoms with Crippen LogP contribution < -0.4 is 5.43 Å². The third kappa shape index (κ3) is 2.72. The van der Waals surface area contributed by atoms with Crippen LogP contribution in [0.3, 0.4) is 0 Å². The number of rotatable bonds is 2. The number of nitrogens with one attached hydrogen (secondary N) is 1. The molecule has 4 rings (SSSR count). The van der Waals surface area contributed by atoms with Gasteiger partial charge in [0.25, 0.3) is 5.91 Å². The number of hydrogen-bond acceptors (Lipinski definition) is 3. The number of H-pyrrole nitrogens is 1. The first kappa shape index (κ1) is 18.1. The van der Waals surface area contributed by atoms with Crippen LogP contribution in [0.4, 0.5) is 8.78 Å². The summed E-state index contributed by atoms with van der Waals surface area (Å²) in [5.41, 5.74) is -0.190. The highest BCUT2D eigenvalue weighted by molar-refractivity contribution is 6.08. The number of likely N-dealkylation sites (tertiary alicyclic amines) is 1. The predicted molar refractivity (Wildman–Crippen MR) is 98.2 cm³/mol. The van der Waals surface area contributed by atoms with Gasteiger partial charge in [-0.1, -0.05) is 0 Å². The molecule has 1 aliphatic rings. The van der Waals surface area contributed by atoms with E-state index < -0.39 is 40.9 Å². The fourth-order valence-electron chi connectivity index (χ4n) is 3.89. The van der Waals surface area contributed by atoms with Crippen molar-refractivity contribution in [1.82, 2.24) is 9.88 Å².